The Morgan fingerprint density at radius 1 is 1.03 bits per heavy atom. The van der Waals surface area contributed by atoms with E-state index in [0.29, 0.717) is 0 Å². The zero-order valence-corrected chi connectivity index (χ0v) is 22.9. The van der Waals surface area contributed by atoms with Gasteiger partial charge in [0.25, 0.3) is 0 Å². The summed E-state index contributed by atoms with van der Waals surface area (Å²) in [6.45, 7) is 10.8. The monoisotopic (exact) mass is 504 g/mol. The molecule has 2 aliphatic carbocycles. The van der Waals surface area contributed by atoms with Crippen LogP contribution in [-0.2, 0) is 0 Å². The summed E-state index contributed by atoms with van der Waals surface area (Å²) in [4.78, 5) is 5.19. The molecule has 1 aromatic carbocycles. The molecule has 192 valence electrons. The van der Waals surface area contributed by atoms with Gasteiger partial charge in [0.2, 0.25) is 0 Å². The normalized spacial score (nSPS) is 18.3. The molecular weight excluding hydrogens is 464 g/mol. The number of hydrogen-bond donors (Lipinski definition) is 0. The van der Waals surface area contributed by atoms with E-state index in [0.717, 1.165) is 41.5 Å². The van der Waals surface area contributed by atoms with Crippen LogP contribution in [0.1, 0.15) is 49.7 Å². The standard InChI is InChI=1S/C30H40N4OS/c1-21-17-22(2)28(27(18-21)35-16-15-32-13-4-5-14-32)25-7-6-8-26-29(30(36-3)31-34(25)26)33(19-23-9-10-23)20-24-11-12-24/h6-8,17-18,23-24H,4-5,9-16,19-20H2,1-3H3. The van der Waals surface area contributed by atoms with Crippen molar-refractivity contribution in [2.75, 3.05) is 50.5 Å². The van der Waals surface area contributed by atoms with Gasteiger partial charge in [-0.1, -0.05) is 12.1 Å². The third kappa shape index (κ3) is 5.12. The van der Waals surface area contributed by atoms with Gasteiger partial charge >= 0.3 is 0 Å². The lowest BCUT2D eigenvalue weighted by Gasteiger charge is -2.25. The number of ether oxygens (including phenoxy) is 1. The molecule has 5 nitrogen and oxygen atoms in total. The molecule has 0 spiro atoms. The number of thioether (sulfide) groups is 1. The van der Waals surface area contributed by atoms with Gasteiger partial charge in [-0.25, -0.2) is 4.52 Å². The molecule has 3 aromatic rings. The minimum absolute atomic E-state index is 0.725. The highest BCUT2D eigenvalue weighted by Crippen LogP contribution is 2.42. The number of rotatable bonds is 11. The average molecular weight is 505 g/mol. The van der Waals surface area contributed by atoms with Crippen molar-refractivity contribution in [1.82, 2.24) is 14.5 Å². The number of aromatic nitrogens is 2. The molecule has 0 amide bonds. The molecule has 36 heavy (non-hydrogen) atoms. The fourth-order valence-electron chi connectivity index (χ4n) is 5.80. The quantitative estimate of drug-likeness (QED) is 0.281. The first-order valence-electron chi connectivity index (χ1n) is 13.9. The van der Waals surface area contributed by atoms with Crippen LogP contribution in [0, 0.1) is 25.7 Å². The Hall–Kier alpha value is -2.18. The third-order valence-corrected chi connectivity index (χ3v) is 8.69. The van der Waals surface area contributed by atoms with Crippen LogP contribution in [0.5, 0.6) is 5.75 Å². The van der Waals surface area contributed by atoms with Crippen LogP contribution in [-0.4, -0.2) is 60.1 Å². The lowest BCUT2D eigenvalue weighted by molar-refractivity contribution is 0.238. The molecule has 1 saturated heterocycles. The van der Waals surface area contributed by atoms with E-state index in [4.69, 9.17) is 9.84 Å². The van der Waals surface area contributed by atoms with Crippen molar-refractivity contribution >= 4 is 23.0 Å². The van der Waals surface area contributed by atoms with E-state index >= 15 is 0 Å². The lowest BCUT2D eigenvalue weighted by Crippen LogP contribution is -2.28. The maximum atomic E-state index is 6.50. The summed E-state index contributed by atoms with van der Waals surface area (Å²) in [7, 11) is 0. The van der Waals surface area contributed by atoms with Crippen molar-refractivity contribution in [2.24, 2.45) is 11.8 Å². The summed E-state index contributed by atoms with van der Waals surface area (Å²) < 4.78 is 8.69. The number of aryl methyl sites for hydroxylation is 2. The van der Waals surface area contributed by atoms with Crippen molar-refractivity contribution in [2.45, 2.75) is 57.4 Å². The Morgan fingerprint density at radius 2 is 1.75 bits per heavy atom. The zero-order valence-electron chi connectivity index (χ0n) is 22.1. The summed E-state index contributed by atoms with van der Waals surface area (Å²) in [5.74, 6) is 2.69. The second kappa shape index (κ2) is 10.3. The predicted molar refractivity (Wildman–Crippen MR) is 151 cm³/mol. The Balaban J connectivity index is 1.39. The molecule has 0 atom stereocenters. The minimum atomic E-state index is 0.725. The molecular formula is C30H40N4OS. The highest BCUT2D eigenvalue weighted by atomic mass is 32.2. The number of nitrogens with zero attached hydrogens (tertiary/aromatic N) is 4. The van der Waals surface area contributed by atoms with Crippen LogP contribution in [0.3, 0.4) is 0 Å². The second-order valence-corrected chi connectivity index (χ2v) is 12.0. The van der Waals surface area contributed by atoms with Gasteiger partial charge in [0.15, 0.2) is 0 Å². The van der Waals surface area contributed by atoms with Gasteiger partial charge in [0, 0.05) is 25.2 Å². The van der Waals surface area contributed by atoms with Crippen molar-refractivity contribution in [1.29, 1.82) is 0 Å². The Kier molecular flexibility index (Phi) is 6.91. The Morgan fingerprint density at radius 3 is 2.42 bits per heavy atom. The Bertz CT molecular complexity index is 1210. The SMILES string of the molecule is CSc1nn2c(-c3c(C)cc(C)cc3OCCN3CCCC3)cccc2c1N(CC1CC1)CC1CC1. The van der Waals surface area contributed by atoms with E-state index in [1.54, 1.807) is 11.8 Å². The molecule has 6 rings (SSSR count). The van der Waals surface area contributed by atoms with Crippen molar-refractivity contribution in [3.8, 4) is 17.0 Å². The van der Waals surface area contributed by atoms with Gasteiger partial charge in [-0.15, -0.1) is 11.8 Å². The van der Waals surface area contributed by atoms with Crippen LogP contribution in [0.25, 0.3) is 16.8 Å². The molecule has 6 heteroatoms. The van der Waals surface area contributed by atoms with Crippen LogP contribution < -0.4 is 9.64 Å². The molecule has 0 N–H and O–H groups in total. The fraction of sp³-hybridized carbons (Fsp3) is 0.567. The third-order valence-electron chi connectivity index (χ3n) is 8.02. The molecule has 0 radical (unpaired) electrons. The molecule has 3 aliphatic rings. The van der Waals surface area contributed by atoms with E-state index in [2.05, 4.69) is 64.8 Å². The van der Waals surface area contributed by atoms with Crippen molar-refractivity contribution in [3.05, 3.63) is 41.5 Å². The summed E-state index contributed by atoms with van der Waals surface area (Å²) in [6, 6.07) is 11.2. The largest absolute Gasteiger partial charge is 0.492 e. The van der Waals surface area contributed by atoms with Crippen LogP contribution in [0.15, 0.2) is 35.4 Å². The minimum Gasteiger partial charge on any atom is -0.492 e. The van der Waals surface area contributed by atoms with E-state index < -0.39 is 0 Å². The van der Waals surface area contributed by atoms with Gasteiger partial charge < -0.3 is 9.64 Å². The summed E-state index contributed by atoms with van der Waals surface area (Å²) in [5.41, 5.74) is 7.34. The number of likely N-dealkylation sites (tertiary alicyclic amines) is 1. The topological polar surface area (TPSA) is 33.0 Å². The van der Waals surface area contributed by atoms with E-state index in [-0.39, 0.29) is 0 Å². The number of anilines is 1. The summed E-state index contributed by atoms with van der Waals surface area (Å²) in [5, 5.41) is 6.35. The van der Waals surface area contributed by atoms with Crippen molar-refractivity contribution in [3.63, 3.8) is 0 Å². The molecule has 1 aliphatic heterocycles. The first kappa shape index (κ1) is 24.2. The average Bonchev–Trinajstić information content (AvgIpc) is 3.77. The molecule has 3 heterocycles. The number of hydrogen-bond acceptors (Lipinski definition) is 5. The molecule has 0 bridgehead atoms. The molecule has 3 fully saturated rings. The summed E-state index contributed by atoms with van der Waals surface area (Å²) >= 11 is 1.78. The number of pyridine rings is 1. The highest BCUT2D eigenvalue weighted by Gasteiger charge is 2.32. The Labute approximate surface area is 220 Å². The molecule has 2 saturated carbocycles. The predicted octanol–water partition coefficient (Wildman–Crippen LogP) is 6.44. The van der Waals surface area contributed by atoms with Crippen LogP contribution >= 0.6 is 11.8 Å². The van der Waals surface area contributed by atoms with Gasteiger partial charge in [0.05, 0.1) is 16.9 Å². The van der Waals surface area contributed by atoms with E-state index in [1.165, 1.54) is 92.6 Å². The van der Waals surface area contributed by atoms with Gasteiger partial charge in [-0.2, -0.15) is 5.10 Å². The maximum absolute atomic E-state index is 6.50. The molecule has 2 aromatic heterocycles. The molecule has 0 unspecified atom stereocenters. The first-order valence-corrected chi connectivity index (χ1v) is 15.1. The van der Waals surface area contributed by atoms with E-state index in [1.807, 2.05) is 0 Å². The smallest absolute Gasteiger partial charge is 0.142 e. The number of benzene rings is 1. The number of fused-ring (bicyclic) bond motifs is 1. The summed E-state index contributed by atoms with van der Waals surface area (Å²) in [6.07, 6.45) is 10.3. The van der Waals surface area contributed by atoms with Gasteiger partial charge in [0.1, 0.15) is 17.4 Å². The van der Waals surface area contributed by atoms with Gasteiger partial charge in [-0.05, 0) is 113 Å². The fourth-order valence-corrected chi connectivity index (χ4v) is 6.39. The van der Waals surface area contributed by atoms with Gasteiger partial charge in [-0.3, -0.25) is 4.90 Å². The highest BCUT2D eigenvalue weighted by molar-refractivity contribution is 7.98. The van der Waals surface area contributed by atoms with Crippen LogP contribution in [0.4, 0.5) is 5.69 Å². The second-order valence-electron chi connectivity index (χ2n) is 11.2. The first-order chi connectivity index (χ1) is 17.6. The zero-order chi connectivity index (χ0) is 24.6. The maximum Gasteiger partial charge on any atom is 0.142 e. The van der Waals surface area contributed by atoms with E-state index in [9.17, 15) is 0 Å². The van der Waals surface area contributed by atoms with Crippen molar-refractivity contribution < 1.29 is 4.74 Å². The van der Waals surface area contributed by atoms with Crippen LogP contribution in [0.2, 0.25) is 0 Å². The lowest BCUT2D eigenvalue weighted by atomic mass is 10.0.